The topological polar surface area (TPSA) is 105 Å². The van der Waals surface area contributed by atoms with Crippen LogP contribution in [0.2, 0.25) is 0 Å². The highest BCUT2D eigenvalue weighted by Gasteiger charge is 2.68. The van der Waals surface area contributed by atoms with Crippen LogP contribution in [0, 0.1) is 11.3 Å². The summed E-state index contributed by atoms with van der Waals surface area (Å²) >= 11 is 0. The summed E-state index contributed by atoms with van der Waals surface area (Å²) < 4.78 is 19.4. The van der Waals surface area contributed by atoms with Gasteiger partial charge >= 0.3 is 23.9 Å². The lowest BCUT2D eigenvalue weighted by atomic mass is 10.0. The molecule has 0 aromatic rings. The molecule has 1 atom stereocenters. The molecule has 134 valence electrons. The van der Waals surface area contributed by atoms with Gasteiger partial charge in [-0.2, -0.15) is 0 Å². The second-order valence-electron chi connectivity index (χ2n) is 5.03. The van der Waals surface area contributed by atoms with Crippen molar-refractivity contribution in [2.24, 2.45) is 11.3 Å². The summed E-state index contributed by atoms with van der Waals surface area (Å²) in [6.07, 6.45) is 2.07. The number of hydrogen-bond donors (Lipinski definition) is 0. The zero-order valence-corrected chi connectivity index (χ0v) is 14.0. The lowest BCUT2D eigenvalue weighted by Gasteiger charge is -2.14. The minimum atomic E-state index is -1.41. The molecule has 1 unspecified atom stereocenters. The predicted octanol–water partition coefficient (Wildman–Crippen LogP) is 0.781. The quantitative estimate of drug-likeness (QED) is 0.262. The summed E-state index contributed by atoms with van der Waals surface area (Å²) in [6, 6.07) is 0. The second-order valence-corrected chi connectivity index (χ2v) is 5.03. The summed E-state index contributed by atoms with van der Waals surface area (Å²) in [4.78, 5) is 46.7. The lowest BCUT2D eigenvalue weighted by molar-refractivity contribution is -0.166. The summed E-state index contributed by atoms with van der Waals surface area (Å²) in [6.45, 7) is 5.22. The van der Waals surface area contributed by atoms with Crippen molar-refractivity contribution < 1.29 is 38.1 Å². The average Bonchev–Trinajstić information content (AvgIpc) is 3.27. The molecule has 0 N–H and O–H groups in total. The highest BCUT2D eigenvalue weighted by molar-refractivity contribution is 6.04. The van der Waals surface area contributed by atoms with Crippen molar-refractivity contribution in [1.29, 1.82) is 0 Å². The van der Waals surface area contributed by atoms with Crippen molar-refractivity contribution in [3.63, 3.8) is 0 Å². The largest absolute Gasteiger partial charge is 0.465 e. The molecule has 8 nitrogen and oxygen atoms in total. The van der Waals surface area contributed by atoms with Crippen molar-refractivity contribution in [2.75, 3.05) is 26.4 Å². The van der Waals surface area contributed by atoms with Gasteiger partial charge in [-0.3, -0.25) is 9.59 Å². The molecule has 1 aliphatic rings. The first-order valence-corrected chi connectivity index (χ1v) is 7.78. The Kier molecular flexibility index (Phi) is 7.41. The van der Waals surface area contributed by atoms with E-state index in [1.807, 2.05) is 0 Å². The van der Waals surface area contributed by atoms with E-state index in [1.165, 1.54) is 0 Å². The van der Waals surface area contributed by atoms with Gasteiger partial charge in [0.05, 0.1) is 26.4 Å². The number of carbonyl (C=O) groups is 4. The zero-order valence-electron chi connectivity index (χ0n) is 14.0. The van der Waals surface area contributed by atoms with E-state index in [1.54, 1.807) is 20.8 Å². The van der Waals surface area contributed by atoms with Crippen LogP contribution >= 0.6 is 0 Å². The van der Waals surface area contributed by atoms with E-state index >= 15 is 0 Å². The van der Waals surface area contributed by atoms with E-state index < -0.39 is 35.2 Å². The highest BCUT2D eigenvalue weighted by atomic mass is 16.6. The number of esters is 4. The Bertz CT molecular complexity index is 504. The third-order valence-electron chi connectivity index (χ3n) is 3.45. The van der Waals surface area contributed by atoms with Crippen LogP contribution in [0.1, 0.15) is 27.2 Å². The van der Waals surface area contributed by atoms with Gasteiger partial charge in [-0.1, -0.05) is 0 Å². The first-order chi connectivity index (χ1) is 11.4. The third kappa shape index (κ3) is 4.81. The lowest BCUT2D eigenvalue weighted by Crippen LogP contribution is -2.33. The molecule has 1 aliphatic carbocycles. The molecule has 0 spiro atoms. The third-order valence-corrected chi connectivity index (χ3v) is 3.45. The molecule has 0 aromatic heterocycles. The van der Waals surface area contributed by atoms with Crippen LogP contribution in [-0.4, -0.2) is 50.3 Å². The predicted molar refractivity (Wildman–Crippen MR) is 80.5 cm³/mol. The van der Waals surface area contributed by atoms with E-state index in [9.17, 15) is 19.2 Å². The van der Waals surface area contributed by atoms with Gasteiger partial charge in [-0.05, 0) is 27.2 Å². The molecule has 1 rings (SSSR count). The highest BCUT2D eigenvalue weighted by Crippen LogP contribution is 2.54. The Morgan fingerprint density at radius 1 is 0.833 bits per heavy atom. The maximum absolute atomic E-state index is 12.0. The maximum atomic E-state index is 12.0. The maximum Gasteiger partial charge on any atom is 0.331 e. The number of hydrogen-bond acceptors (Lipinski definition) is 8. The fourth-order valence-corrected chi connectivity index (χ4v) is 2.19. The van der Waals surface area contributed by atoms with Crippen LogP contribution < -0.4 is 0 Å². The van der Waals surface area contributed by atoms with Gasteiger partial charge in [0, 0.05) is 18.1 Å². The fourth-order valence-electron chi connectivity index (χ4n) is 2.19. The minimum absolute atomic E-state index is 0.134. The van der Waals surface area contributed by atoms with E-state index in [0.29, 0.717) is 0 Å². The second kappa shape index (κ2) is 9.05. The van der Waals surface area contributed by atoms with Gasteiger partial charge in [-0.15, -0.1) is 0 Å². The van der Waals surface area contributed by atoms with Crippen LogP contribution in [0.25, 0.3) is 0 Å². The van der Waals surface area contributed by atoms with Crippen molar-refractivity contribution >= 4 is 23.9 Å². The number of ether oxygens (including phenoxy) is 4. The van der Waals surface area contributed by atoms with Crippen LogP contribution in [0.15, 0.2) is 12.2 Å². The van der Waals surface area contributed by atoms with Crippen molar-refractivity contribution in [2.45, 2.75) is 27.2 Å². The van der Waals surface area contributed by atoms with Gasteiger partial charge in [0.1, 0.15) is 0 Å². The van der Waals surface area contributed by atoms with Gasteiger partial charge in [0.25, 0.3) is 0 Å². The summed E-state index contributed by atoms with van der Waals surface area (Å²) in [5, 5.41) is 0. The van der Waals surface area contributed by atoms with E-state index in [2.05, 4.69) is 4.74 Å². The summed E-state index contributed by atoms with van der Waals surface area (Å²) in [7, 11) is 0. The Morgan fingerprint density at radius 3 is 1.75 bits per heavy atom. The SMILES string of the molecule is CCOC(=O)/C=C/C(=O)OCC1CC1(C(=O)OCC)C(=O)OCC. The van der Waals surface area contributed by atoms with Crippen LogP contribution in [0.4, 0.5) is 0 Å². The van der Waals surface area contributed by atoms with E-state index in [0.717, 1.165) is 12.2 Å². The molecule has 0 heterocycles. The monoisotopic (exact) mass is 342 g/mol. The van der Waals surface area contributed by atoms with Crippen molar-refractivity contribution in [3.05, 3.63) is 12.2 Å². The normalized spacial score (nSPS) is 17.9. The standard InChI is InChI=1S/C16H22O8/c1-4-21-12(17)7-8-13(18)24-10-11-9-16(11,14(19)22-5-2)15(20)23-6-3/h7-8,11H,4-6,9-10H2,1-3H3/b8-7+. The summed E-state index contributed by atoms with van der Waals surface area (Å²) in [5.74, 6) is -3.28. The fraction of sp³-hybridized carbons (Fsp3) is 0.625. The van der Waals surface area contributed by atoms with E-state index in [-0.39, 0.29) is 32.8 Å². The van der Waals surface area contributed by atoms with Crippen LogP contribution in [0.5, 0.6) is 0 Å². The molecular weight excluding hydrogens is 320 g/mol. The summed E-state index contributed by atoms with van der Waals surface area (Å²) in [5.41, 5.74) is -1.41. The number of rotatable bonds is 9. The molecule has 8 heteroatoms. The zero-order chi connectivity index (χ0) is 18.2. The molecule has 0 aromatic carbocycles. The number of carbonyl (C=O) groups excluding carboxylic acids is 4. The van der Waals surface area contributed by atoms with Crippen molar-refractivity contribution in [1.82, 2.24) is 0 Å². The Labute approximate surface area is 140 Å². The smallest absolute Gasteiger partial charge is 0.331 e. The molecule has 1 saturated carbocycles. The molecule has 0 bridgehead atoms. The first kappa shape index (κ1) is 19.7. The van der Waals surface area contributed by atoms with E-state index in [4.69, 9.17) is 14.2 Å². The molecule has 0 amide bonds. The van der Waals surface area contributed by atoms with Gasteiger partial charge in [0.15, 0.2) is 5.41 Å². The van der Waals surface area contributed by atoms with Gasteiger partial charge in [0.2, 0.25) is 0 Å². The Hall–Kier alpha value is -2.38. The van der Waals surface area contributed by atoms with Crippen LogP contribution in [-0.2, 0) is 38.1 Å². The molecule has 0 aliphatic heterocycles. The Morgan fingerprint density at radius 2 is 1.29 bits per heavy atom. The first-order valence-electron chi connectivity index (χ1n) is 7.78. The Balaban J connectivity index is 2.58. The molecular formula is C16H22O8. The van der Waals surface area contributed by atoms with Gasteiger partial charge in [-0.25, -0.2) is 9.59 Å². The molecule has 1 fully saturated rings. The molecule has 0 radical (unpaired) electrons. The molecule has 24 heavy (non-hydrogen) atoms. The van der Waals surface area contributed by atoms with Gasteiger partial charge < -0.3 is 18.9 Å². The van der Waals surface area contributed by atoms with Crippen LogP contribution in [0.3, 0.4) is 0 Å². The van der Waals surface area contributed by atoms with Crippen molar-refractivity contribution in [3.8, 4) is 0 Å². The molecule has 0 saturated heterocycles. The minimum Gasteiger partial charge on any atom is -0.465 e. The average molecular weight is 342 g/mol.